The Morgan fingerprint density at radius 1 is 0.926 bits per heavy atom. The number of benzene rings is 1. The van der Waals surface area contributed by atoms with E-state index >= 15 is 0 Å². The highest BCUT2D eigenvalue weighted by Crippen LogP contribution is 2.49. The zero-order chi connectivity index (χ0) is 19.1. The van der Waals surface area contributed by atoms with Crippen LogP contribution in [-0.4, -0.2) is 11.5 Å². The monoisotopic (exact) mass is 408 g/mol. The molecule has 3 heteroatoms. The van der Waals surface area contributed by atoms with Crippen molar-refractivity contribution < 1.29 is 4.39 Å². The Balaban J connectivity index is 1.43. The lowest BCUT2D eigenvalue weighted by molar-refractivity contribution is 0.218. The zero-order valence-corrected chi connectivity index (χ0v) is 18.9. The molecule has 1 aromatic rings. The summed E-state index contributed by atoms with van der Waals surface area (Å²) in [5, 5.41) is 0. The molecule has 0 amide bonds. The van der Waals surface area contributed by atoms with Gasteiger partial charge in [0.15, 0.2) is 0 Å². The van der Waals surface area contributed by atoms with Crippen molar-refractivity contribution in [2.75, 3.05) is 11.5 Å². The van der Waals surface area contributed by atoms with Gasteiger partial charge in [-0.2, -0.15) is 0 Å². The van der Waals surface area contributed by atoms with E-state index in [1.807, 2.05) is 6.07 Å². The minimum Gasteiger partial charge on any atom is -0.207 e. The van der Waals surface area contributed by atoms with Gasteiger partial charge in [-0.1, -0.05) is 70.9 Å². The highest BCUT2D eigenvalue weighted by molar-refractivity contribution is 8.16. The van der Waals surface area contributed by atoms with Gasteiger partial charge in [0, 0.05) is 0 Å². The van der Waals surface area contributed by atoms with Crippen LogP contribution in [0, 0.1) is 23.6 Å². The number of hydrogen-bond donors (Lipinski definition) is 0. The smallest absolute Gasteiger partial charge is 0.126 e. The standard InChI is InChI=1S/C24H37FS2/c1-3-5-6-8-18-9-11-19(12-10-18)22-16-26-24(27-17-22)21-14-13-20(7-4-2)23(25)15-21/h13-15,18-19,22,24H,3-12,16-17H2,1-2H3/t18?,19?,22-,24-. The summed E-state index contributed by atoms with van der Waals surface area (Å²) in [6.07, 6.45) is 13.4. The second-order valence-corrected chi connectivity index (χ2v) is 11.2. The second kappa shape index (κ2) is 11.1. The molecular formula is C24H37FS2. The van der Waals surface area contributed by atoms with E-state index in [0.717, 1.165) is 36.2 Å². The molecule has 0 N–H and O–H groups in total. The van der Waals surface area contributed by atoms with E-state index in [9.17, 15) is 4.39 Å². The van der Waals surface area contributed by atoms with E-state index in [-0.39, 0.29) is 5.82 Å². The van der Waals surface area contributed by atoms with Gasteiger partial charge in [0.1, 0.15) is 5.82 Å². The summed E-state index contributed by atoms with van der Waals surface area (Å²) in [6, 6.07) is 5.99. The van der Waals surface area contributed by atoms with E-state index in [1.165, 1.54) is 68.4 Å². The van der Waals surface area contributed by atoms with Crippen molar-refractivity contribution in [3.05, 3.63) is 35.1 Å². The van der Waals surface area contributed by atoms with Gasteiger partial charge < -0.3 is 0 Å². The topological polar surface area (TPSA) is 0 Å². The van der Waals surface area contributed by atoms with Gasteiger partial charge in [-0.3, -0.25) is 0 Å². The van der Waals surface area contributed by atoms with E-state index in [2.05, 4.69) is 43.4 Å². The highest BCUT2D eigenvalue weighted by atomic mass is 32.2. The number of hydrogen-bond acceptors (Lipinski definition) is 2. The Morgan fingerprint density at radius 2 is 1.67 bits per heavy atom. The maximum atomic E-state index is 14.3. The lowest BCUT2D eigenvalue weighted by Crippen LogP contribution is -2.27. The molecule has 0 atom stereocenters. The van der Waals surface area contributed by atoms with Gasteiger partial charge in [0.05, 0.1) is 4.58 Å². The molecule has 1 aromatic carbocycles. The molecule has 27 heavy (non-hydrogen) atoms. The fourth-order valence-electron chi connectivity index (χ4n) is 4.80. The van der Waals surface area contributed by atoms with E-state index in [0.29, 0.717) is 4.58 Å². The molecule has 1 saturated heterocycles. The van der Waals surface area contributed by atoms with Crippen LogP contribution >= 0.6 is 23.5 Å². The Bertz CT molecular complexity index is 557. The third kappa shape index (κ3) is 6.16. The molecule has 152 valence electrons. The normalized spacial score (nSPS) is 29.0. The van der Waals surface area contributed by atoms with Crippen LogP contribution in [0.5, 0.6) is 0 Å². The Morgan fingerprint density at radius 3 is 2.30 bits per heavy atom. The number of thioether (sulfide) groups is 2. The first-order valence-electron chi connectivity index (χ1n) is 11.2. The summed E-state index contributed by atoms with van der Waals surface area (Å²) in [5.74, 6) is 5.35. The van der Waals surface area contributed by atoms with Gasteiger partial charge in [0.2, 0.25) is 0 Å². The van der Waals surface area contributed by atoms with Crippen LogP contribution in [-0.2, 0) is 6.42 Å². The highest BCUT2D eigenvalue weighted by Gasteiger charge is 2.32. The number of aryl methyl sites for hydroxylation is 1. The lowest BCUT2D eigenvalue weighted by Gasteiger charge is -2.37. The summed E-state index contributed by atoms with van der Waals surface area (Å²) in [5.41, 5.74) is 2.06. The third-order valence-electron chi connectivity index (χ3n) is 6.57. The number of unbranched alkanes of at least 4 members (excludes halogenated alkanes) is 2. The molecule has 0 bridgehead atoms. The van der Waals surface area contributed by atoms with Crippen molar-refractivity contribution in [3.63, 3.8) is 0 Å². The molecule has 2 fully saturated rings. The lowest BCUT2D eigenvalue weighted by atomic mass is 9.75. The minimum absolute atomic E-state index is 0.000862. The van der Waals surface area contributed by atoms with Crippen molar-refractivity contribution in [3.8, 4) is 0 Å². The van der Waals surface area contributed by atoms with E-state index < -0.39 is 0 Å². The predicted octanol–water partition coefficient (Wildman–Crippen LogP) is 8.26. The van der Waals surface area contributed by atoms with Crippen molar-refractivity contribution in [2.24, 2.45) is 17.8 Å². The number of halogens is 1. The maximum Gasteiger partial charge on any atom is 0.126 e. The van der Waals surface area contributed by atoms with Crippen molar-refractivity contribution in [2.45, 2.75) is 82.6 Å². The summed E-state index contributed by atoms with van der Waals surface area (Å²) >= 11 is 4.12. The molecule has 0 aromatic heterocycles. The Hall–Kier alpha value is -0.150. The summed E-state index contributed by atoms with van der Waals surface area (Å²) in [4.78, 5) is 0. The first-order valence-corrected chi connectivity index (χ1v) is 13.3. The van der Waals surface area contributed by atoms with E-state index in [4.69, 9.17) is 0 Å². The average molecular weight is 409 g/mol. The maximum absolute atomic E-state index is 14.3. The summed E-state index contributed by atoms with van der Waals surface area (Å²) in [6.45, 7) is 4.41. The fourth-order valence-corrected chi connectivity index (χ4v) is 8.10. The summed E-state index contributed by atoms with van der Waals surface area (Å²) < 4.78 is 14.7. The van der Waals surface area contributed by atoms with Crippen LogP contribution in [0.1, 0.15) is 87.3 Å². The first kappa shape index (κ1) is 21.6. The molecule has 1 heterocycles. The predicted molar refractivity (Wildman–Crippen MR) is 121 cm³/mol. The van der Waals surface area contributed by atoms with Crippen molar-refractivity contribution >= 4 is 23.5 Å². The SMILES string of the molecule is CCCCCC1CCC([C@H]2CS[C@H](c3ccc(CCC)c(F)c3)SC2)CC1. The van der Waals surface area contributed by atoms with Crippen LogP contribution in [0.2, 0.25) is 0 Å². The molecule has 0 spiro atoms. The van der Waals surface area contributed by atoms with Gasteiger partial charge in [0.25, 0.3) is 0 Å². The number of rotatable bonds is 8. The molecule has 1 aliphatic carbocycles. The molecular weight excluding hydrogens is 371 g/mol. The van der Waals surface area contributed by atoms with E-state index in [1.54, 1.807) is 6.07 Å². The van der Waals surface area contributed by atoms with Crippen LogP contribution in [0.25, 0.3) is 0 Å². The van der Waals surface area contributed by atoms with Crippen LogP contribution in [0.3, 0.4) is 0 Å². The molecule has 0 nitrogen and oxygen atoms in total. The minimum atomic E-state index is -0.000862. The quantitative estimate of drug-likeness (QED) is 0.397. The van der Waals surface area contributed by atoms with Crippen LogP contribution < -0.4 is 0 Å². The van der Waals surface area contributed by atoms with Gasteiger partial charge in [-0.05, 0) is 65.7 Å². The molecule has 0 radical (unpaired) electrons. The van der Waals surface area contributed by atoms with Crippen LogP contribution in [0.4, 0.5) is 4.39 Å². The molecule has 3 rings (SSSR count). The molecule has 1 saturated carbocycles. The van der Waals surface area contributed by atoms with Gasteiger partial charge >= 0.3 is 0 Å². The molecule has 0 unspecified atom stereocenters. The largest absolute Gasteiger partial charge is 0.207 e. The Labute approximate surface area is 174 Å². The summed E-state index contributed by atoms with van der Waals surface area (Å²) in [7, 11) is 0. The Kier molecular flexibility index (Phi) is 8.90. The molecule has 2 aliphatic rings. The fraction of sp³-hybridized carbons (Fsp3) is 0.750. The molecule has 1 aliphatic heterocycles. The second-order valence-electron chi connectivity index (χ2n) is 8.64. The zero-order valence-electron chi connectivity index (χ0n) is 17.2. The average Bonchev–Trinajstić information content (AvgIpc) is 2.71. The van der Waals surface area contributed by atoms with Gasteiger partial charge in [-0.15, -0.1) is 23.5 Å². The third-order valence-corrected chi connectivity index (χ3v) is 9.77. The van der Waals surface area contributed by atoms with Crippen molar-refractivity contribution in [1.29, 1.82) is 0 Å². The van der Waals surface area contributed by atoms with Crippen molar-refractivity contribution in [1.82, 2.24) is 0 Å². The first-order chi connectivity index (χ1) is 13.2. The van der Waals surface area contributed by atoms with Crippen LogP contribution in [0.15, 0.2) is 18.2 Å². The van der Waals surface area contributed by atoms with Gasteiger partial charge in [-0.25, -0.2) is 4.39 Å².